The molecule has 0 heterocycles. The molecule has 0 atom stereocenters. The fraction of sp³-hybridized carbons (Fsp3) is 0.417. The lowest BCUT2D eigenvalue weighted by Crippen LogP contribution is -2.33. The van der Waals surface area contributed by atoms with Crippen molar-refractivity contribution < 1.29 is 14.6 Å². The van der Waals surface area contributed by atoms with Crippen LogP contribution in [0.4, 0.5) is 5.69 Å². The summed E-state index contributed by atoms with van der Waals surface area (Å²) < 4.78 is 0. The number of rotatable bonds is 4. The summed E-state index contributed by atoms with van der Waals surface area (Å²) in [5.74, 6) is -0.509. The first-order valence-corrected chi connectivity index (χ1v) is 6.78. The van der Waals surface area contributed by atoms with E-state index in [9.17, 15) is 14.9 Å². The number of benzene rings is 1. The van der Waals surface area contributed by atoms with Crippen LogP contribution in [-0.4, -0.2) is 22.7 Å². The fourth-order valence-corrected chi connectivity index (χ4v) is 1.78. The molecule has 6 nitrogen and oxygen atoms in total. The molecule has 0 aliphatic carbocycles. The molecule has 7 heteroatoms. The van der Waals surface area contributed by atoms with Crippen molar-refractivity contribution in [3.63, 3.8) is 0 Å². The minimum absolute atomic E-state index is 0.0871. The molecule has 1 amide bonds. The first kappa shape index (κ1) is 15.5. The highest BCUT2D eigenvalue weighted by molar-refractivity contribution is 7.98. The van der Waals surface area contributed by atoms with Crippen LogP contribution in [0.2, 0.25) is 0 Å². The van der Waals surface area contributed by atoms with E-state index in [1.165, 1.54) is 23.9 Å². The number of amides is 1. The predicted octanol–water partition coefficient (Wildman–Crippen LogP) is 2.78. The Bertz CT molecular complexity index is 497. The van der Waals surface area contributed by atoms with Crippen LogP contribution in [0.5, 0.6) is 0 Å². The summed E-state index contributed by atoms with van der Waals surface area (Å²) in [6, 6.07) is 4.32. The topological polar surface area (TPSA) is 81.5 Å². The van der Waals surface area contributed by atoms with Gasteiger partial charge in [0, 0.05) is 11.6 Å². The van der Waals surface area contributed by atoms with Gasteiger partial charge < -0.3 is 0 Å². The molecule has 0 bridgehead atoms. The molecular formula is C12H16N2O4S. The van der Waals surface area contributed by atoms with E-state index < -0.39 is 16.4 Å². The normalized spacial score (nSPS) is 11.2. The second-order valence-electron chi connectivity index (χ2n) is 4.79. The van der Waals surface area contributed by atoms with Crippen LogP contribution in [0.15, 0.2) is 23.1 Å². The minimum Gasteiger partial charge on any atom is -0.268 e. The van der Waals surface area contributed by atoms with Gasteiger partial charge in [-0.2, -0.15) is 0 Å². The van der Waals surface area contributed by atoms with E-state index in [0.717, 1.165) is 0 Å². The number of nitrogens with one attached hydrogen (secondary N) is 1. The van der Waals surface area contributed by atoms with E-state index in [2.05, 4.69) is 5.48 Å². The Hall–Kier alpha value is -1.60. The number of carbonyl (C=O) groups excluding carboxylic acids is 1. The fourth-order valence-electron chi connectivity index (χ4n) is 1.23. The van der Waals surface area contributed by atoms with Crippen LogP contribution in [0.1, 0.15) is 31.1 Å². The standard InChI is InChI=1S/C12H16N2O4S/c1-12(2,3)18-13-11(15)8-5-6-10(19-4)9(7-8)14(16)17/h5-7H,1-4H3,(H,13,15). The third-order valence-corrected chi connectivity index (χ3v) is 2.87. The Morgan fingerprint density at radius 3 is 2.53 bits per heavy atom. The second kappa shape index (κ2) is 6.03. The summed E-state index contributed by atoms with van der Waals surface area (Å²) in [7, 11) is 0. The molecule has 0 aromatic heterocycles. The number of nitro benzene ring substituents is 1. The van der Waals surface area contributed by atoms with Crippen LogP contribution >= 0.6 is 11.8 Å². The SMILES string of the molecule is CSc1ccc(C(=O)NOC(C)(C)C)cc1[N+](=O)[O-]. The largest absolute Gasteiger partial charge is 0.283 e. The number of hydroxylamine groups is 1. The molecule has 19 heavy (non-hydrogen) atoms. The number of hydrogen-bond donors (Lipinski definition) is 1. The lowest BCUT2D eigenvalue weighted by molar-refractivity contribution is -0.387. The van der Waals surface area contributed by atoms with Crippen LogP contribution in [0, 0.1) is 10.1 Å². The summed E-state index contributed by atoms with van der Waals surface area (Å²) in [6.07, 6.45) is 1.74. The predicted molar refractivity (Wildman–Crippen MR) is 73.2 cm³/mol. The van der Waals surface area contributed by atoms with Gasteiger partial charge in [-0.25, -0.2) is 5.48 Å². The Labute approximate surface area is 115 Å². The first-order valence-electron chi connectivity index (χ1n) is 5.55. The van der Waals surface area contributed by atoms with E-state index in [0.29, 0.717) is 4.90 Å². The molecule has 0 aliphatic rings. The van der Waals surface area contributed by atoms with Gasteiger partial charge in [-0.15, -0.1) is 11.8 Å². The highest BCUT2D eigenvalue weighted by atomic mass is 32.2. The van der Waals surface area contributed by atoms with Crippen LogP contribution in [0.25, 0.3) is 0 Å². The summed E-state index contributed by atoms with van der Waals surface area (Å²) >= 11 is 1.26. The van der Waals surface area contributed by atoms with E-state index in [1.54, 1.807) is 33.1 Å². The van der Waals surface area contributed by atoms with E-state index in [4.69, 9.17) is 4.84 Å². The van der Waals surface area contributed by atoms with E-state index in [1.807, 2.05) is 0 Å². The van der Waals surface area contributed by atoms with Gasteiger partial charge in [-0.05, 0) is 39.2 Å². The molecule has 1 rings (SSSR count). The molecule has 0 saturated carbocycles. The number of thioether (sulfide) groups is 1. The van der Waals surface area contributed by atoms with Crippen molar-refractivity contribution in [3.05, 3.63) is 33.9 Å². The van der Waals surface area contributed by atoms with Crippen molar-refractivity contribution in [2.75, 3.05) is 6.26 Å². The Morgan fingerprint density at radius 2 is 2.05 bits per heavy atom. The summed E-state index contributed by atoms with van der Waals surface area (Å²) in [5, 5.41) is 10.9. The molecule has 0 aliphatic heterocycles. The van der Waals surface area contributed by atoms with E-state index >= 15 is 0 Å². The maximum Gasteiger partial charge on any atom is 0.283 e. The van der Waals surface area contributed by atoms with Gasteiger partial charge in [0.15, 0.2) is 0 Å². The zero-order chi connectivity index (χ0) is 14.6. The van der Waals surface area contributed by atoms with Gasteiger partial charge >= 0.3 is 0 Å². The van der Waals surface area contributed by atoms with Gasteiger partial charge in [-0.1, -0.05) is 0 Å². The minimum atomic E-state index is -0.527. The number of hydrogen-bond acceptors (Lipinski definition) is 5. The van der Waals surface area contributed by atoms with Crippen molar-refractivity contribution >= 4 is 23.4 Å². The van der Waals surface area contributed by atoms with E-state index in [-0.39, 0.29) is 11.3 Å². The average molecular weight is 284 g/mol. The molecule has 0 radical (unpaired) electrons. The summed E-state index contributed by atoms with van der Waals surface area (Å²) in [5.41, 5.74) is 1.85. The summed E-state index contributed by atoms with van der Waals surface area (Å²) in [4.78, 5) is 27.8. The monoisotopic (exact) mass is 284 g/mol. The maximum absolute atomic E-state index is 11.8. The van der Waals surface area contributed by atoms with Gasteiger partial charge in [0.2, 0.25) is 0 Å². The molecule has 0 unspecified atom stereocenters. The van der Waals surface area contributed by atoms with Gasteiger partial charge in [0.05, 0.1) is 15.4 Å². The second-order valence-corrected chi connectivity index (χ2v) is 5.64. The molecule has 1 aromatic rings. The van der Waals surface area contributed by atoms with Gasteiger partial charge in [0.25, 0.3) is 11.6 Å². The lowest BCUT2D eigenvalue weighted by Gasteiger charge is -2.18. The number of nitrogens with zero attached hydrogens (tertiary/aromatic N) is 1. The third-order valence-electron chi connectivity index (χ3n) is 2.09. The van der Waals surface area contributed by atoms with Crippen molar-refractivity contribution in [2.24, 2.45) is 0 Å². The molecule has 1 aromatic carbocycles. The van der Waals surface area contributed by atoms with Crippen molar-refractivity contribution in [2.45, 2.75) is 31.3 Å². The van der Waals surface area contributed by atoms with Crippen LogP contribution in [0.3, 0.4) is 0 Å². The smallest absolute Gasteiger partial charge is 0.268 e. The van der Waals surface area contributed by atoms with Crippen molar-refractivity contribution in [1.29, 1.82) is 0 Å². The average Bonchev–Trinajstić information content (AvgIpc) is 2.34. The number of carbonyl (C=O) groups is 1. The number of nitro groups is 1. The van der Waals surface area contributed by atoms with Crippen molar-refractivity contribution in [3.8, 4) is 0 Å². The Morgan fingerprint density at radius 1 is 1.42 bits per heavy atom. The molecular weight excluding hydrogens is 268 g/mol. The van der Waals surface area contributed by atoms with Crippen LogP contribution in [-0.2, 0) is 4.84 Å². The molecule has 104 valence electrons. The molecule has 0 spiro atoms. The quantitative estimate of drug-likeness (QED) is 0.522. The first-order chi connectivity index (χ1) is 8.74. The Balaban J connectivity index is 2.93. The maximum atomic E-state index is 11.8. The van der Waals surface area contributed by atoms with Crippen molar-refractivity contribution in [1.82, 2.24) is 5.48 Å². The highest BCUT2D eigenvalue weighted by Crippen LogP contribution is 2.28. The summed E-state index contributed by atoms with van der Waals surface area (Å²) in [6.45, 7) is 5.35. The van der Waals surface area contributed by atoms with Gasteiger partial charge in [0.1, 0.15) is 0 Å². The molecule has 0 fully saturated rings. The lowest BCUT2D eigenvalue weighted by atomic mass is 10.2. The zero-order valence-corrected chi connectivity index (χ0v) is 12.0. The highest BCUT2D eigenvalue weighted by Gasteiger charge is 2.18. The van der Waals surface area contributed by atoms with Gasteiger partial charge in [-0.3, -0.25) is 19.7 Å². The molecule has 1 N–H and O–H groups in total. The van der Waals surface area contributed by atoms with Crippen LogP contribution < -0.4 is 5.48 Å². The third kappa shape index (κ3) is 4.53. The Kier molecular flexibility index (Phi) is 4.90. The molecule has 0 saturated heterocycles. The zero-order valence-electron chi connectivity index (χ0n) is 11.2.